The van der Waals surface area contributed by atoms with E-state index >= 15 is 0 Å². The highest BCUT2D eigenvalue weighted by atomic mass is 16.6. The quantitative estimate of drug-likeness (QED) is 0.667. The summed E-state index contributed by atoms with van der Waals surface area (Å²) in [4.78, 5) is 26.3. The second-order valence-electron chi connectivity index (χ2n) is 4.51. The van der Waals surface area contributed by atoms with Gasteiger partial charge in [0, 0.05) is 11.8 Å². The Morgan fingerprint density at radius 1 is 1.45 bits per heavy atom. The Morgan fingerprint density at radius 2 is 2.20 bits per heavy atom. The van der Waals surface area contributed by atoms with Gasteiger partial charge in [0.05, 0.1) is 21.7 Å². The fourth-order valence-corrected chi connectivity index (χ4v) is 2.34. The van der Waals surface area contributed by atoms with Crippen molar-refractivity contribution < 1.29 is 14.8 Å². The Kier molecular flexibility index (Phi) is 3.93. The number of benzene rings is 1. The Bertz CT molecular complexity index is 669. The normalized spacial score (nSPS) is 12.2. The largest absolute Gasteiger partial charge is 0.481 e. The maximum atomic E-state index is 11.4. The first-order valence-corrected chi connectivity index (χ1v) is 6.31. The van der Waals surface area contributed by atoms with Crippen LogP contribution in [0.3, 0.4) is 0 Å². The lowest BCUT2D eigenvalue weighted by Gasteiger charge is -2.13. The predicted octanol–water partition coefficient (Wildman–Crippen LogP) is 3.11. The van der Waals surface area contributed by atoms with Crippen molar-refractivity contribution in [1.82, 2.24) is 4.98 Å². The van der Waals surface area contributed by atoms with Crippen molar-refractivity contribution in [2.45, 2.75) is 25.7 Å². The van der Waals surface area contributed by atoms with E-state index in [0.717, 1.165) is 0 Å². The number of pyridine rings is 1. The maximum absolute atomic E-state index is 11.4. The molecule has 0 saturated heterocycles. The lowest BCUT2D eigenvalue weighted by molar-refractivity contribution is -0.383. The number of carboxylic acids is 1. The zero-order valence-corrected chi connectivity index (χ0v) is 10.9. The number of rotatable bonds is 5. The number of carboxylic acid groups (broad SMARTS) is 1. The van der Waals surface area contributed by atoms with Crippen LogP contribution in [0.5, 0.6) is 0 Å². The van der Waals surface area contributed by atoms with Gasteiger partial charge >= 0.3 is 5.97 Å². The minimum absolute atomic E-state index is 0.156. The highest BCUT2D eigenvalue weighted by molar-refractivity contribution is 5.92. The van der Waals surface area contributed by atoms with Gasteiger partial charge in [-0.2, -0.15) is 0 Å². The molecule has 0 radical (unpaired) electrons. The van der Waals surface area contributed by atoms with Gasteiger partial charge < -0.3 is 5.11 Å². The van der Waals surface area contributed by atoms with Crippen LogP contribution in [-0.4, -0.2) is 21.0 Å². The summed E-state index contributed by atoms with van der Waals surface area (Å²) < 4.78 is 0. The fourth-order valence-electron chi connectivity index (χ4n) is 2.34. The molecular formula is C14H14N2O4. The number of nitrogens with zero attached hydrogens (tertiary/aromatic N) is 2. The molecule has 104 valence electrons. The highest BCUT2D eigenvalue weighted by Gasteiger charge is 2.29. The number of aromatic nitrogens is 1. The summed E-state index contributed by atoms with van der Waals surface area (Å²) in [5.74, 6) is -1.91. The Hall–Kier alpha value is -2.50. The lowest BCUT2D eigenvalue weighted by Crippen LogP contribution is -2.13. The zero-order chi connectivity index (χ0) is 14.7. The maximum Gasteiger partial charge on any atom is 0.311 e. The molecule has 1 heterocycles. The minimum atomic E-state index is -1.04. The summed E-state index contributed by atoms with van der Waals surface area (Å²) in [6, 6.07) is 6.33. The minimum Gasteiger partial charge on any atom is -0.481 e. The smallest absolute Gasteiger partial charge is 0.311 e. The number of hydrogen-bond acceptors (Lipinski definition) is 4. The number of nitro benzene ring substituents is 1. The van der Waals surface area contributed by atoms with Crippen LogP contribution < -0.4 is 0 Å². The third-order valence-corrected chi connectivity index (χ3v) is 3.22. The number of fused-ring (bicyclic) bond motifs is 1. The molecule has 6 heteroatoms. The molecule has 2 rings (SSSR count). The van der Waals surface area contributed by atoms with Crippen molar-refractivity contribution in [2.24, 2.45) is 0 Å². The highest BCUT2D eigenvalue weighted by Crippen LogP contribution is 2.35. The molecule has 1 aromatic carbocycles. The summed E-state index contributed by atoms with van der Waals surface area (Å²) in [6.07, 6.45) is 2.55. The Morgan fingerprint density at radius 3 is 2.80 bits per heavy atom. The Balaban J connectivity index is 2.72. The molecule has 0 bridgehead atoms. The van der Waals surface area contributed by atoms with Crippen LogP contribution in [0.15, 0.2) is 30.5 Å². The standard InChI is InChI=1S/C14H14N2O4/c1-2-4-10(14(17)18)9-6-7-12-11(5-3-8-15-12)13(9)16(19)20/h3,5-8,10H,2,4H2,1H3,(H,17,18). The van der Waals surface area contributed by atoms with E-state index < -0.39 is 16.8 Å². The van der Waals surface area contributed by atoms with Gasteiger partial charge in [0.1, 0.15) is 0 Å². The molecule has 1 aromatic heterocycles. The molecule has 1 atom stereocenters. The first-order chi connectivity index (χ1) is 9.56. The van der Waals surface area contributed by atoms with E-state index in [1.54, 1.807) is 24.4 Å². The topological polar surface area (TPSA) is 93.3 Å². The first kappa shape index (κ1) is 13.9. The zero-order valence-electron chi connectivity index (χ0n) is 10.9. The second-order valence-corrected chi connectivity index (χ2v) is 4.51. The molecule has 0 aliphatic rings. The van der Waals surface area contributed by atoms with E-state index in [1.807, 2.05) is 6.92 Å². The van der Waals surface area contributed by atoms with Crippen molar-refractivity contribution >= 4 is 22.6 Å². The molecule has 0 saturated carbocycles. The van der Waals surface area contributed by atoms with Gasteiger partial charge in [0.25, 0.3) is 5.69 Å². The molecule has 0 spiro atoms. The van der Waals surface area contributed by atoms with E-state index in [2.05, 4.69) is 4.98 Å². The molecule has 0 amide bonds. The van der Waals surface area contributed by atoms with Crippen LogP contribution in [0.2, 0.25) is 0 Å². The third kappa shape index (κ3) is 2.45. The predicted molar refractivity (Wildman–Crippen MR) is 73.7 cm³/mol. The second kappa shape index (κ2) is 5.64. The van der Waals surface area contributed by atoms with Crippen LogP contribution >= 0.6 is 0 Å². The van der Waals surface area contributed by atoms with E-state index in [-0.39, 0.29) is 11.3 Å². The lowest BCUT2D eigenvalue weighted by atomic mass is 9.91. The summed E-state index contributed by atoms with van der Waals surface area (Å²) >= 11 is 0. The molecule has 6 nitrogen and oxygen atoms in total. The molecule has 0 aliphatic carbocycles. The summed E-state index contributed by atoms with van der Waals surface area (Å²) in [5, 5.41) is 21.0. The van der Waals surface area contributed by atoms with Crippen LogP contribution in [0, 0.1) is 10.1 Å². The molecule has 0 aliphatic heterocycles. The third-order valence-electron chi connectivity index (χ3n) is 3.22. The van der Waals surface area contributed by atoms with Crippen molar-refractivity contribution in [3.05, 3.63) is 46.1 Å². The number of nitro groups is 1. The monoisotopic (exact) mass is 274 g/mol. The van der Waals surface area contributed by atoms with E-state index in [9.17, 15) is 20.0 Å². The molecule has 2 aromatic rings. The van der Waals surface area contributed by atoms with Crippen molar-refractivity contribution in [2.75, 3.05) is 0 Å². The van der Waals surface area contributed by atoms with Crippen LogP contribution in [-0.2, 0) is 4.79 Å². The molecular weight excluding hydrogens is 260 g/mol. The van der Waals surface area contributed by atoms with Gasteiger partial charge in [-0.05, 0) is 30.7 Å². The number of aliphatic carboxylic acids is 1. The van der Waals surface area contributed by atoms with Gasteiger partial charge in [-0.3, -0.25) is 19.9 Å². The first-order valence-electron chi connectivity index (χ1n) is 6.31. The molecule has 1 unspecified atom stereocenters. The summed E-state index contributed by atoms with van der Waals surface area (Å²) in [5.41, 5.74) is 0.574. The van der Waals surface area contributed by atoms with Gasteiger partial charge in [0.2, 0.25) is 0 Å². The van der Waals surface area contributed by atoms with Gasteiger partial charge in [-0.1, -0.05) is 13.3 Å². The van der Waals surface area contributed by atoms with E-state index in [1.165, 1.54) is 6.07 Å². The fraction of sp³-hybridized carbons (Fsp3) is 0.286. The molecule has 1 N–H and O–H groups in total. The number of hydrogen-bond donors (Lipinski definition) is 1. The van der Waals surface area contributed by atoms with E-state index in [0.29, 0.717) is 23.7 Å². The van der Waals surface area contributed by atoms with E-state index in [4.69, 9.17) is 0 Å². The molecule has 0 fully saturated rings. The summed E-state index contributed by atoms with van der Waals surface area (Å²) in [7, 11) is 0. The van der Waals surface area contributed by atoms with Gasteiger partial charge in [-0.15, -0.1) is 0 Å². The number of carbonyl (C=O) groups is 1. The van der Waals surface area contributed by atoms with Crippen LogP contribution in [0.4, 0.5) is 5.69 Å². The van der Waals surface area contributed by atoms with Crippen LogP contribution in [0.25, 0.3) is 10.9 Å². The van der Waals surface area contributed by atoms with Crippen LogP contribution in [0.1, 0.15) is 31.2 Å². The van der Waals surface area contributed by atoms with Gasteiger partial charge in [-0.25, -0.2) is 0 Å². The SMILES string of the molecule is CCCC(C(=O)O)c1ccc2ncccc2c1[N+](=O)[O-]. The van der Waals surface area contributed by atoms with Gasteiger partial charge in [0.15, 0.2) is 0 Å². The van der Waals surface area contributed by atoms with Crippen molar-refractivity contribution in [1.29, 1.82) is 0 Å². The van der Waals surface area contributed by atoms with Crippen molar-refractivity contribution in [3.8, 4) is 0 Å². The molecule has 20 heavy (non-hydrogen) atoms. The van der Waals surface area contributed by atoms with Crippen molar-refractivity contribution in [3.63, 3.8) is 0 Å². The Labute approximate surface area is 115 Å². The average molecular weight is 274 g/mol. The summed E-state index contributed by atoms with van der Waals surface area (Å²) in [6.45, 7) is 1.85. The average Bonchev–Trinajstić information content (AvgIpc) is 2.43.